The number of aromatic nitrogens is 3. The molecule has 15 heteroatoms. The summed E-state index contributed by atoms with van der Waals surface area (Å²) in [6.07, 6.45) is 1.40. The van der Waals surface area contributed by atoms with Crippen molar-refractivity contribution in [1.82, 2.24) is 20.0 Å². The van der Waals surface area contributed by atoms with Crippen molar-refractivity contribution in [2.75, 3.05) is 31.9 Å². The van der Waals surface area contributed by atoms with E-state index in [1.165, 1.54) is 36.8 Å². The van der Waals surface area contributed by atoms with Gasteiger partial charge in [-0.25, -0.2) is 4.98 Å². The van der Waals surface area contributed by atoms with Crippen LogP contribution in [0.5, 0.6) is 5.75 Å². The maximum absolute atomic E-state index is 13.3. The number of nitrogens with one attached hydrogen (secondary N) is 2. The zero-order valence-electron chi connectivity index (χ0n) is 21.5. The van der Waals surface area contributed by atoms with Gasteiger partial charge in [0.2, 0.25) is 5.89 Å². The molecule has 0 unspecified atom stereocenters. The van der Waals surface area contributed by atoms with E-state index in [4.69, 9.17) is 48.8 Å². The van der Waals surface area contributed by atoms with Crippen LogP contribution in [0.15, 0.2) is 40.4 Å². The van der Waals surface area contributed by atoms with E-state index in [0.717, 1.165) is 5.56 Å². The monoisotopic (exact) mass is 624 g/mol. The molecule has 0 saturated heterocycles. The van der Waals surface area contributed by atoms with E-state index in [0.29, 0.717) is 29.8 Å². The third-order valence-corrected chi connectivity index (χ3v) is 7.39. The summed E-state index contributed by atoms with van der Waals surface area (Å²) in [5.41, 5.74) is 0.912. The number of rotatable bonds is 11. The molecule has 0 saturated carbocycles. The van der Waals surface area contributed by atoms with Gasteiger partial charge in [0.25, 0.3) is 11.8 Å². The van der Waals surface area contributed by atoms with Crippen LogP contribution in [0.3, 0.4) is 0 Å². The number of thiophene rings is 1. The highest BCUT2D eigenvalue weighted by Crippen LogP contribution is 2.35. The molecule has 0 spiro atoms. The highest BCUT2D eigenvalue weighted by molar-refractivity contribution is 7.13. The Hall–Kier alpha value is -3.26. The van der Waals surface area contributed by atoms with Crippen molar-refractivity contribution in [2.24, 2.45) is 0 Å². The maximum atomic E-state index is 13.3. The molecule has 0 aliphatic heterocycles. The minimum Gasteiger partial charge on any atom is -0.494 e. The Morgan fingerprint density at radius 1 is 1.07 bits per heavy atom. The van der Waals surface area contributed by atoms with Gasteiger partial charge in [-0.3, -0.25) is 14.5 Å². The summed E-state index contributed by atoms with van der Waals surface area (Å²) in [5, 5.41) is 12.0. The predicted molar refractivity (Wildman–Crippen MR) is 153 cm³/mol. The minimum absolute atomic E-state index is 0.0643. The van der Waals surface area contributed by atoms with Crippen LogP contribution in [0.4, 0.5) is 11.5 Å². The number of hydrogen-bond acceptors (Lipinski definition) is 10. The van der Waals surface area contributed by atoms with Gasteiger partial charge in [-0.15, -0.1) is 11.3 Å². The Bertz CT molecular complexity index is 1510. The largest absolute Gasteiger partial charge is 0.494 e. The number of ether oxygens (including phenoxy) is 2. The second-order valence-electron chi connectivity index (χ2n) is 8.41. The van der Waals surface area contributed by atoms with Gasteiger partial charge in [0.15, 0.2) is 5.82 Å². The molecule has 2 N–H and O–H groups in total. The van der Waals surface area contributed by atoms with Crippen LogP contribution in [0.1, 0.15) is 37.3 Å². The molecular weight excluding hydrogens is 603 g/mol. The van der Waals surface area contributed by atoms with Crippen LogP contribution < -0.4 is 15.4 Å². The SMILES string of the molecule is COCc1noc(CN(C)Cc2csc(C(=O)Nc3c(OC)cc(Cl)cc3C(=O)Nc3ccc(Cl)cn3)c2Cl)n1. The van der Waals surface area contributed by atoms with Crippen LogP contribution in [0.25, 0.3) is 0 Å². The zero-order valence-corrected chi connectivity index (χ0v) is 24.5. The number of nitrogens with zero attached hydrogens (tertiary/aromatic N) is 4. The fraction of sp³-hybridized carbons (Fsp3) is 0.240. The molecular formula is C25H23Cl3N6O5S. The van der Waals surface area contributed by atoms with Crippen LogP contribution in [0, 0.1) is 0 Å². The van der Waals surface area contributed by atoms with Gasteiger partial charge >= 0.3 is 0 Å². The van der Waals surface area contributed by atoms with E-state index < -0.39 is 11.8 Å². The molecule has 11 nitrogen and oxygen atoms in total. The first kappa shape index (κ1) is 29.7. The second kappa shape index (κ2) is 13.4. The van der Waals surface area contributed by atoms with Gasteiger partial charge in [0.1, 0.15) is 23.1 Å². The molecule has 0 fully saturated rings. The summed E-state index contributed by atoms with van der Waals surface area (Å²) < 4.78 is 15.6. The lowest BCUT2D eigenvalue weighted by Crippen LogP contribution is -2.19. The summed E-state index contributed by atoms with van der Waals surface area (Å²) in [6.45, 7) is 1.03. The van der Waals surface area contributed by atoms with Gasteiger partial charge in [0.05, 0.1) is 35.0 Å². The Labute approximate surface area is 248 Å². The summed E-state index contributed by atoms with van der Waals surface area (Å²) >= 11 is 19.9. The standard InChI is InChI=1S/C25H23Cl3N6O5S/c1-34(10-20-30-19(11-37-2)33-39-20)9-13-12-40-23(21(13)28)25(36)32-22-16(6-15(27)7-17(22)38-3)24(35)31-18-5-4-14(26)8-29-18/h4-8,12H,9-11H2,1-3H3,(H,32,36)(H,29,31,35). The molecule has 4 rings (SSSR count). The lowest BCUT2D eigenvalue weighted by atomic mass is 10.1. The molecule has 2 amide bonds. The first-order valence-corrected chi connectivity index (χ1v) is 13.6. The summed E-state index contributed by atoms with van der Waals surface area (Å²) in [5.74, 6) is 0.234. The Kier molecular flexibility index (Phi) is 9.95. The smallest absolute Gasteiger partial charge is 0.267 e. The summed E-state index contributed by atoms with van der Waals surface area (Å²) in [6, 6.07) is 6.03. The van der Waals surface area contributed by atoms with E-state index in [9.17, 15) is 9.59 Å². The molecule has 0 atom stereocenters. The molecule has 1 aromatic carbocycles. The maximum Gasteiger partial charge on any atom is 0.267 e. The fourth-order valence-corrected chi connectivity index (χ4v) is 5.18. The molecule has 4 aromatic rings. The van der Waals surface area contributed by atoms with Gasteiger partial charge in [-0.2, -0.15) is 4.98 Å². The van der Waals surface area contributed by atoms with Crippen molar-refractivity contribution in [3.63, 3.8) is 0 Å². The molecule has 0 radical (unpaired) electrons. The van der Waals surface area contributed by atoms with E-state index in [1.807, 2.05) is 11.9 Å². The van der Waals surface area contributed by atoms with Crippen LogP contribution in [-0.2, 0) is 24.4 Å². The second-order valence-corrected chi connectivity index (χ2v) is 10.5. The number of pyridine rings is 1. The third-order valence-electron chi connectivity index (χ3n) is 5.37. The molecule has 0 bridgehead atoms. The average Bonchev–Trinajstić information content (AvgIpc) is 3.51. The molecule has 3 heterocycles. The Balaban J connectivity index is 1.51. The topological polar surface area (TPSA) is 132 Å². The number of halogens is 3. The van der Waals surface area contributed by atoms with Crippen LogP contribution in [-0.4, -0.2) is 53.1 Å². The number of anilines is 2. The molecule has 40 heavy (non-hydrogen) atoms. The number of carbonyl (C=O) groups excluding carboxylic acids is 2. The molecule has 0 aliphatic rings. The van der Waals surface area contributed by atoms with Gasteiger partial charge in [-0.1, -0.05) is 40.0 Å². The number of hydrogen-bond donors (Lipinski definition) is 2. The zero-order chi connectivity index (χ0) is 28.8. The van der Waals surface area contributed by atoms with Gasteiger partial charge < -0.3 is 24.6 Å². The number of carbonyl (C=O) groups is 2. The van der Waals surface area contributed by atoms with Crippen LogP contribution >= 0.6 is 46.1 Å². The highest BCUT2D eigenvalue weighted by atomic mass is 35.5. The van der Waals surface area contributed by atoms with Crippen molar-refractivity contribution in [1.29, 1.82) is 0 Å². The van der Waals surface area contributed by atoms with Crippen molar-refractivity contribution in [3.8, 4) is 5.75 Å². The molecule has 0 aliphatic carbocycles. The average molecular weight is 626 g/mol. The number of benzene rings is 1. The van der Waals surface area contributed by atoms with E-state index in [-0.39, 0.29) is 44.3 Å². The Morgan fingerprint density at radius 2 is 1.88 bits per heavy atom. The third kappa shape index (κ3) is 7.27. The van der Waals surface area contributed by atoms with Crippen molar-refractivity contribution >= 4 is 69.5 Å². The minimum atomic E-state index is -0.569. The number of amides is 2. The number of methoxy groups -OCH3 is 2. The van der Waals surface area contributed by atoms with E-state index >= 15 is 0 Å². The highest BCUT2D eigenvalue weighted by Gasteiger charge is 2.24. The van der Waals surface area contributed by atoms with Crippen molar-refractivity contribution < 1.29 is 23.6 Å². The lowest BCUT2D eigenvalue weighted by molar-refractivity contribution is 0.102. The van der Waals surface area contributed by atoms with Crippen molar-refractivity contribution in [2.45, 2.75) is 19.7 Å². The quantitative estimate of drug-likeness (QED) is 0.213. The summed E-state index contributed by atoms with van der Waals surface area (Å²) in [7, 11) is 4.80. The molecule has 3 aromatic heterocycles. The van der Waals surface area contributed by atoms with Crippen molar-refractivity contribution in [3.05, 3.63) is 78.6 Å². The van der Waals surface area contributed by atoms with Gasteiger partial charge in [0, 0.05) is 30.9 Å². The predicted octanol–water partition coefficient (Wildman–Crippen LogP) is 5.78. The lowest BCUT2D eigenvalue weighted by Gasteiger charge is -2.16. The molecule has 210 valence electrons. The Morgan fingerprint density at radius 3 is 2.58 bits per heavy atom. The van der Waals surface area contributed by atoms with E-state index in [2.05, 4.69) is 25.8 Å². The fourth-order valence-electron chi connectivity index (χ4n) is 3.61. The first-order chi connectivity index (χ1) is 19.2. The van der Waals surface area contributed by atoms with E-state index in [1.54, 1.807) is 24.6 Å². The summed E-state index contributed by atoms with van der Waals surface area (Å²) in [4.78, 5) is 37.0. The normalized spacial score (nSPS) is 11.1. The van der Waals surface area contributed by atoms with Gasteiger partial charge in [-0.05, 0) is 36.2 Å². The first-order valence-electron chi connectivity index (χ1n) is 11.5. The van der Waals surface area contributed by atoms with Crippen LogP contribution in [0.2, 0.25) is 15.1 Å².